The van der Waals surface area contributed by atoms with Gasteiger partial charge in [-0.05, 0) is 81.4 Å². The predicted molar refractivity (Wildman–Crippen MR) is 143 cm³/mol. The standard InChI is InChI=1S/C29H37N3O7/c1-28(2)7-9-32(10-8-28)13-14-5-6-18(33)20-16(14)11-15-12-17-22(31(3)4)24(35)21(27(30)38)26(37)29(17,39)25(36)19(15)23(20)34/h5-6,15,17,22,33-34,37,39H,7-13H2,1-4H3,(H2,30,38)/t15?,17-,22?,29-/m0/s1. The first-order valence-corrected chi connectivity index (χ1v) is 13.4. The summed E-state index contributed by atoms with van der Waals surface area (Å²) in [4.78, 5) is 43.1. The molecule has 3 aliphatic carbocycles. The number of aliphatic hydroxyl groups is 3. The van der Waals surface area contributed by atoms with Crippen LogP contribution in [0.5, 0.6) is 5.75 Å². The van der Waals surface area contributed by atoms with Gasteiger partial charge >= 0.3 is 0 Å². The number of likely N-dealkylation sites (tertiary alicyclic amines) is 1. The number of fused-ring (bicyclic) bond motifs is 3. The molecule has 4 aliphatic rings. The minimum absolute atomic E-state index is 0.0821. The largest absolute Gasteiger partial charge is 0.508 e. The summed E-state index contributed by atoms with van der Waals surface area (Å²) in [7, 11) is 3.17. The van der Waals surface area contributed by atoms with E-state index < -0.39 is 58.0 Å². The second-order valence-corrected chi connectivity index (χ2v) is 12.5. The highest BCUT2D eigenvalue weighted by molar-refractivity contribution is 6.24. The Morgan fingerprint density at radius 1 is 1.13 bits per heavy atom. The molecular weight excluding hydrogens is 502 g/mol. The van der Waals surface area contributed by atoms with Crippen molar-refractivity contribution in [2.24, 2.45) is 23.0 Å². The lowest BCUT2D eigenvalue weighted by molar-refractivity contribution is -0.153. The third kappa shape index (κ3) is 4.08. The number of piperidine rings is 1. The molecule has 210 valence electrons. The van der Waals surface area contributed by atoms with Crippen molar-refractivity contribution in [3.05, 3.63) is 45.7 Å². The Morgan fingerprint density at radius 2 is 1.77 bits per heavy atom. The number of phenols is 1. The van der Waals surface area contributed by atoms with Crippen molar-refractivity contribution in [1.29, 1.82) is 0 Å². The molecule has 1 aliphatic heterocycles. The van der Waals surface area contributed by atoms with Gasteiger partial charge in [-0.25, -0.2) is 0 Å². The highest BCUT2D eigenvalue weighted by atomic mass is 16.3. The highest BCUT2D eigenvalue weighted by Crippen LogP contribution is 2.53. The Morgan fingerprint density at radius 3 is 2.36 bits per heavy atom. The number of Topliss-reactive ketones (excluding diaryl/α,β-unsaturated/α-hetero) is 2. The van der Waals surface area contributed by atoms with E-state index in [1.54, 1.807) is 14.1 Å². The third-order valence-corrected chi connectivity index (χ3v) is 9.30. The van der Waals surface area contributed by atoms with Crippen LogP contribution in [0.1, 0.15) is 49.8 Å². The zero-order valence-corrected chi connectivity index (χ0v) is 22.8. The van der Waals surface area contributed by atoms with Gasteiger partial charge in [0.25, 0.3) is 5.91 Å². The number of likely N-dealkylation sites (N-methyl/N-ethyl adjacent to an activating group) is 1. The van der Waals surface area contributed by atoms with Gasteiger partial charge in [0.15, 0.2) is 11.4 Å². The van der Waals surface area contributed by atoms with Gasteiger partial charge in [0.2, 0.25) is 5.78 Å². The van der Waals surface area contributed by atoms with Crippen molar-refractivity contribution in [1.82, 2.24) is 9.80 Å². The molecule has 1 saturated heterocycles. The van der Waals surface area contributed by atoms with Crippen molar-refractivity contribution in [3.8, 4) is 5.75 Å². The van der Waals surface area contributed by atoms with Crippen LogP contribution in [0.2, 0.25) is 0 Å². The second kappa shape index (κ2) is 9.18. The summed E-state index contributed by atoms with van der Waals surface area (Å²) in [6.45, 7) is 6.99. The number of ketones is 2. The van der Waals surface area contributed by atoms with E-state index in [0.29, 0.717) is 13.0 Å². The minimum Gasteiger partial charge on any atom is -0.508 e. The second-order valence-electron chi connectivity index (χ2n) is 12.5. The molecule has 10 nitrogen and oxygen atoms in total. The molecular formula is C29H37N3O7. The summed E-state index contributed by atoms with van der Waals surface area (Å²) in [6, 6.07) is 2.24. The monoisotopic (exact) mass is 539 g/mol. The first-order valence-electron chi connectivity index (χ1n) is 13.4. The number of primary amides is 1. The van der Waals surface area contributed by atoms with Crippen LogP contribution in [0.4, 0.5) is 0 Å². The summed E-state index contributed by atoms with van der Waals surface area (Å²) in [5.74, 6) is -6.38. The van der Waals surface area contributed by atoms with Crippen molar-refractivity contribution in [2.45, 2.75) is 57.7 Å². The number of nitrogens with two attached hydrogens (primary N) is 1. The lowest BCUT2D eigenvalue weighted by atomic mass is 9.57. The Balaban J connectivity index is 1.60. The van der Waals surface area contributed by atoms with Crippen LogP contribution in [0, 0.1) is 17.3 Å². The van der Waals surface area contributed by atoms with Crippen LogP contribution in [-0.2, 0) is 27.3 Å². The fraction of sp³-hybridized carbons (Fsp3) is 0.552. The van der Waals surface area contributed by atoms with Gasteiger partial charge < -0.3 is 26.2 Å². The molecule has 0 radical (unpaired) electrons. The van der Waals surface area contributed by atoms with Gasteiger partial charge in [-0.15, -0.1) is 0 Å². The topological polar surface area (TPSA) is 165 Å². The first-order chi connectivity index (χ1) is 18.2. The van der Waals surface area contributed by atoms with Gasteiger partial charge in [0.1, 0.15) is 22.8 Å². The number of amides is 1. The Labute approximate surface area is 227 Å². The van der Waals surface area contributed by atoms with Crippen LogP contribution in [0.3, 0.4) is 0 Å². The van der Waals surface area contributed by atoms with Gasteiger partial charge in [-0.3, -0.25) is 24.2 Å². The van der Waals surface area contributed by atoms with Gasteiger partial charge in [-0.2, -0.15) is 0 Å². The summed E-state index contributed by atoms with van der Waals surface area (Å²) in [6.07, 6.45) is 2.50. The van der Waals surface area contributed by atoms with Crippen LogP contribution < -0.4 is 5.73 Å². The fourth-order valence-electron chi connectivity index (χ4n) is 7.01. The summed E-state index contributed by atoms with van der Waals surface area (Å²) in [5, 5.41) is 44.8. The fourth-order valence-corrected chi connectivity index (χ4v) is 7.01. The van der Waals surface area contributed by atoms with E-state index in [9.17, 15) is 34.8 Å². The first kappa shape index (κ1) is 27.4. The summed E-state index contributed by atoms with van der Waals surface area (Å²) in [5.41, 5.74) is 3.89. The molecule has 0 bridgehead atoms. The molecule has 0 aromatic heterocycles. The number of nitrogens with zero attached hydrogens (tertiary/aromatic N) is 2. The molecule has 4 atom stereocenters. The number of hydrogen-bond donors (Lipinski definition) is 5. The van der Waals surface area contributed by atoms with E-state index in [1.165, 1.54) is 11.0 Å². The molecule has 1 aromatic carbocycles. The van der Waals surface area contributed by atoms with Crippen LogP contribution in [-0.4, -0.2) is 86.5 Å². The van der Waals surface area contributed by atoms with E-state index in [2.05, 4.69) is 18.7 Å². The van der Waals surface area contributed by atoms with Gasteiger partial charge in [0, 0.05) is 18.0 Å². The number of rotatable bonds is 4. The average Bonchev–Trinajstić information content (AvgIpc) is 2.84. The quantitative estimate of drug-likeness (QED) is 0.357. The minimum atomic E-state index is -2.63. The van der Waals surface area contributed by atoms with Crippen molar-refractivity contribution in [3.63, 3.8) is 0 Å². The zero-order chi connectivity index (χ0) is 28.6. The van der Waals surface area contributed by atoms with Crippen LogP contribution in [0.25, 0.3) is 5.76 Å². The number of benzene rings is 1. The van der Waals surface area contributed by atoms with Gasteiger partial charge in [0.05, 0.1) is 11.6 Å². The summed E-state index contributed by atoms with van der Waals surface area (Å²) < 4.78 is 0. The average molecular weight is 540 g/mol. The predicted octanol–water partition coefficient (Wildman–Crippen LogP) is 1.59. The lowest BCUT2D eigenvalue weighted by Crippen LogP contribution is -2.65. The maximum Gasteiger partial charge on any atom is 0.255 e. The van der Waals surface area contributed by atoms with Crippen LogP contribution >= 0.6 is 0 Å². The van der Waals surface area contributed by atoms with E-state index in [-0.39, 0.29) is 28.7 Å². The Kier molecular flexibility index (Phi) is 6.44. The van der Waals surface area contributed by atoms with Crippen molar-refractivity contribution in [2.75, 3.05) is 27.2 Å². The number of carbonyl (C=O) groups is 3. The van der Waals surface area contributed by atoms with Gasteiger partial charge in [-0.1, -0.05) is 19.9 Å². The zero-order valence-electron chi connectivity index (χ0n) is 22.8. The molecule has 6 N–H and O–H groups in total. The Bertz CT molecular complexity index is 1330. The molecule has 0 spiro atoms. The maximum atomic E-state index is 13.9. The molecule has 10 heteroatoms. The van der Waals surface area contributed by atoms with E-state index in [4.69, 9.17) is 5.73 Å². The van der Waals surface area contributed by atoms with E-state index in [1.807, 2.05) is 6.07 Å². The van der Waals surface area contributed by atoms with E-state index in [0.717, 1.165) is 37.1 Å². The number of hydrogen-bond acceptors (Lipinski definition) is 9. The number of carbonyl (C=O) groups excluding carboxylic acids is 3. The molecule has 5 rings (SSSR count). The Hall–Kier alpha value is -3.21. The molecule has 2 fully saturated rings. The number of aliphatic hydroxyl groups excluding tert-OH is 2. The van der Waals surface area contributed by atoms with Crippen LogP contribution in [0.15, 0.2) is 29.0 Å². The molecule has 1 saturated carbocycles. The summed E-state index contributed by atoms with van der Waals surface area (Å²) >= 11 is 0. The van der Waals surface area contributed by atoms with E-state index >= 15 is 0 Å². The number of aromatic hydroxyl groups is 1. The normalized spacial score (nSPS) is 30.8. The molecule has 1 aromatic rings. The lowest BCUT2D eigenvalue weighted by Gasteiger charge is -2.50. The maximum absolute atomic E-state index is 13.9. The smallest absolute Gasteiger partial charge is 0.255 e. The molecule has 1 amide bonds. The molecule has 2 unspecified atom stereocenters. The van der Waals surface area contributed by atoms with Crippen molar-refractivity contribution < 1.29 is 34.8 Å². The number of phenolic OH excluding ortho intramolecular Hbond substituents is 1. The van der Waals surface area contributed by atoms with Crippen molar-refractivity contribution >= 4 is 23.2 Å². The SMILES string of the molecule is CN(C)C1C(=O)C(C(N)=O)=C(O)[C@@]2(O)C(=O)C3=C(O)c4c(O)ccc(CN5CCC(C)(C)CC5)c4CC3C[C@@H]12. The molecule has 1 heterocycles. The highest BCUT2D eigenvalue weighted by Gasteiger charge is 2.64. The third-order valence-electron chi connectivity index (χ3n) is 9.30. The molecule has 39 heavy (non-hydrogen) atoms.